The average Bonchev–Trinajstić information content (AvgIpc) is 3.11. The van der Waals surface area contributed by atoms with Crippen molar-refractivity contribution >= 4 is 39.7 Å². The fraction of sp³-hybridized carbons (Fsp3) is 0.412. The van der Waals surface area contributed by atoms with E-state index < -0.39 is 33.8 Å². The molecule has 1 amide bonds. The maximum absolute atomic E-state index is 13.1. The van der Waals surface area contributed by atoms with Crippen LogP contribution in [0.5, 0.6) is 0 Å². The minimum absolute atomic E-state index is 0.106. The molecule has 1 N–H and O–H groups in total. The molecule has 1 atom stereocenters. The maximum atomic E-state index is 13.1. The Bertz CT molecular complexity index is 813. The molecule has 1 unspecified atom stereocenters. The highest BCUT2D eigenvalue weighted by Crippen LogP contribution is 2.25. The number of carbonyl (C=O) groups excluding carboxylic acids is 2. The lowest BCUT2D eigenvalue weighted by atomic mass is 10.2. The number of esters is 1. The van der Waals surface area contributed by atoms with E-state index in [1.165, 1.54) is 42.1 Å². The zero-order valence-corrected chi connectivity index (χ0v) is 16.4. The summed E-state index contributed by atoms with van der Waals surface area (Å²) in [5.41, 5.74) is 0.518. The molecule has 1 aromatic rings. The summed E-state index contributed by atoms with van der Waals surface area (Å²) >= 11 is 1.33. The molecule has 0 aliphatic carbocycles. The van der Waals surface area contributed by atoms with Crippen molar-refractivity contribution in [2.45, 2.75) is 13.0 Å². The van der Waals surface area contributed by atoms with Crippen molar-refractivity contribution in [3.05, 3.63) is 41.7 Å². The number of hydrogen-bond donors (Lipinski definition) is 1. The molecule has 0 saturated carbocycles. The van der Waals surface area contributed by atoms with Crippen LogP contribution in [0.4, 0.5) is 4.39 Å². The number of ether oxygens (including phenoxy) is 1. The largest absolute Gasteiger partial charge is 0.465 e. The molecule has 10 heteroatoms. The maximum Gasteiger partial charge on any atom is 0.325 e. The van der Waals surface area contributed by atoms with Gasteiger partial charge in [0.1, 0.15) is 11.9 Å². The number of amides is 1. The van der Waals surface area contributed by atoms with Gasteiger partial charge in [-0.05, 0) is 30.7 Å². The van der Waals surface area contributed by atoms with Gasteiger partial charge in [0.2, 0.25) is 15.9 Å². The fourth-order valence-corrected chi connectivity index (χ4v) is 5.50. The fourth-order valence-electron chi connectivity index (χ4n) is 2.39. The molecule has 2 rings (SSSR count). The number of nitrogens with one attached hydrogen (secondary N) is 1. The van der Waals surface area contributed by atoms with Crippen molar-refractivity contribution < 1.29 is 27.1 Å². The van der Waals surface area contributed by atoms with Gasteiger partial charge in [0.25, 0.3) is 0 Å². The third-order valence-electron chi connectivity index (χ3n) is 3.69. The molecule has 1 saturated heterocycles. The topological polar surface area (TPSA) is 92.8 Å². The second kappa shape index (κ2) is 9.86. The zero-order chi connectivity index (χ0) is 19.9. The summed E-state index contributed by atoms with van der Waals surface area (Å²) in [6.07, 6.45) is 2.63. The molecule has 0 bridgehead atoms. The summed E-state index contributed by atoms with van der Waals surface area (Å²) in [5, 5.41) is 2.47. The van der Waals surface area contributed by atoms with Gasteiger partial charge in [-0.2, -0.15) is 4.31 Å². The van der Waals surface area contributed by atoms with Crippen molar-refractivity contribution in [3.8, 4) is 0 Å². The van der Waals surface area contributed by atoms with Crippen LogP contribution < -0.4 is 5.32 Å². The number of thioether (sulfide) groups is 1. The molecule has 0 spiro atoms. The predicted octanol–water partition coefficient (Wildman–Crippen LogP) is 1.22. The first kappa shape index (κ1) is 21.4. The van der Waals surface area contributed by atoms with E-state index >= 15 is 0 Å². The molecular weight excluding hydrogens is 395 g/mol. The molecule has 1 aromatic carbocycles. The van der Waals surface area contributed by atoms with Gasteiger partial charge in [-0.15, -0.1) is 11.8 Å². The highest BCUT2D eigenvalue weighted by Gasteiger charge is 2.39. The Morgan fingerprint density at radius 2 is 2.22 bits per heavy atom. The van der Waals surface area contributed by atoms with Crippen molar-refractivity contribution in [2.24, 2.45) is 0 Å². The Balaban J connectivity index is 1.86. The molecule has 1 heterocycles. The monoisotopic (exact) mass is 416 g/mol. The summed E-state index contributed by atoms with van der Waals surface area (Å²) in [6.45, 7) is 1.73. The first-order valence-electron chi connectivity index (χ1n) is 8.29. The van der Waals surface area contributed by atoms with E-state index in [1.54, 1.807) is 13.0 Å². The van der Waals surface area contributed by atoms with E-state index in [0.29, 0.717) is 11.3 Å². The molecule has 148 valence electrons. The van der Waals surface area contributed by atoms with Crippen LogP contribution in [0.25, 0.3) is 6.08 Å². The predicted molar refractivity (Wildman–Crippen MR) is 102 cm³/mol. The van der Waals surface area contributed by atoms with Gasteiger partial charge in [0.05, 0.1) is 18.2 Å². The van der Waals surface area contributed by atoms with Gasteiger partial charge in [-0.1, -0.05) is 12.1 Å². The van der Waals surface area contributed by atoms with Gasteiger partial charge < -0.3 is 10.1 Å². The van der Waals surface area contributed by atoms with Gasteiger partial charge in [0, 0.05) is 18.4 Å². The summed E-state index contributed by atoms with van der Waals surface area (Å²) in [5.74, 6) is -1.27. The van der Waals surface area contributed by atoms with Crippen LogP contribution in [0.1, 0.15) is 12.5 Å². The Morgan fingerprint density at radius 1 is 1.44 bits per heavy atom. The van der Waals surface area contributed by atoms with E-state index in [1.807, 2.05) is 0 Å². The minimum Gasteiger partial charge on any atom is -0.465 e. The van der Waals surface area contributed by atoms with Gasteiger partial charge >= 0.3 is 5.97 Å². The highest BCUT2D eigenvalue weighted by molar-refractivity contribution is 8.00. The summed E-state index contributed by atoms with van der Waals surface area (Å²) in [7, 11) is -3.72. The van der Waals surface area contributed by atoms with Crippen molar-refractivity contribution in [2.75, 3.05) is 30.5 Å². The third kappa shape index (κ3) is 6.33. The lowest BCUT2D eigenvalue weighted by Crippen LogP contribution is -2.45. The first-order valence-corrected chi connectivity index (χ1v) is 11.0. The molecule has 0 radical (unpaired) electrons. The molecule has 7 nitrogen and oxygen atoms in total. The van der Waals surface area contributed by atoms with E-state index in [-0.39, 0.29) is 24.8 Å². The first-order chi connectivity index (χ1) is 12.8. The SMILES string of the molecule is CCOC(=O)C1CSCN1S(=O)(=O)CCNC(=O)/C=C/c1cccc(F)c1. The van der Waals surface area contributed by atoms with Crippen LogP contribution in [0.3, 0.4) is 0 Å². The normalized spacial score (nSPS) is 17.9. The van der Waals surface area contributed by atoms with Crippen molar-refractivity contribution in [1.29, 1.82) is 0 Å². The second-order valence-corrected chi connectivity index (χ2v) is 8.69. The number of nitrogens with zero attached hydrogens (tertiary/aromatic N) is 1. The van der Waals surface area contributed by atoms with Crippen LogP contribution in [0, 0.1) is 5.82 Å². The molecular formula is C17H21FN2O5S2. The van der Waals surface area contributed by atoms with Gasteiger partial charge in [-0.25, -0.2) is 12.8 Å². The number of rotatable bonds is 8. The number of carbonyl (C=O) groups is 2. The summed E-state index contributed by atoms with van der Waals surface area (Å²) in [6, 6.07) is 4.89. The van der Waals surface area contributed by atoms with Crippen LogP contribution in [0.15, 0.2) is 30.3 Å². The quantitative estimate of drug-likeness (QED) is 0.506. The highest BCUT2D eigenvalue weighted by atomic mass is 32.2. The van der Waals surface area contributed by atoms with E-state index in [4.69, 9.17) is 4.74 Å². The van der Waals surface area contributed by atoms with Crippen LogP contribution in [-0.2, 0) is 24.3 Å². The average molecular weight is 416 g/mol. The Labute approximate surface area is 162 Å². The Hall–Kier alpha value is -1.91. The standard InChI is InChI=1S/C17H21FN2O5S2/c1-2-25-17(22)15-11-26-12-20(15)27(23,24)9-8-19-16(21)7-6-13-4-3-5-14(18)10-13/h3-7,10,15H,2,8-9,11-12H2,1H3,(H,19,21)/b7-6+. The number of sulfonamides is 1. The number of hydrogen-bond acceptors (Lipinski definition) is 6. The van der Waals surface area contributed by atoms with Crippen LogP contribution >= 0.6 is 11.8 Å². The van der Waals surface area contributed by atoms with Gasteiger partial charge in [-0.3, -0.25) is 9.59 Å². The summed E-state index contributed by atoms with van der Waals surface area (Å²) < 4.78 is 44.0. The van der Waals surface area contributed by atoms with E-state index in [2.05, 4.69) is 5.32 Å². The van der Waals surface area contributed by atoms with E-state index in [0.717, 1.165) is 4.31 Å². The van der Waals surface area contributed by atoms with Crippen LogP contribution in [-0.4, -0.2) is 61.2 Å². The van der Waals surface area contributed by atoms with Crippen molar-refractivity contribution in [1.82, 2.24) is 9.62 Å². The lowest BCUT2D eigenvalue weighted by molar-refractivity contribution is -0.146. The second-order valence-electron chi connectivity index (χ2n) is 5.65. The molecule has 27 heavy (non-hydrogen) atoms. The van der Waals surface area contributed by atoms with Crippen molar-refractivity contribution in [3.63, 3.8) is 0 Å². The Kier molecular flexibility index (Phi) is 7.81. The molecule has 1 aliphatic rings. The van der Waals surface area contributed by atoms with Crippen LogP contribution in [0.2, 0.25) is 0 Å². The molecule has 0 aromatic heterocycles. The number of benzene rings is 1. The summed E-state index contributed by atoms with van der Waals surface area (Å²) in [4.78, 5) is 23.7. The smallest absolute Gasteiger partial charge is 0.325 e. The third-order valence-corrected chi connectivity index (χ3v) is 6.69. The van der Waals surface area contributed by atoms with Gasteiger partial charge in [0.15, 0.2) is 0 Å². The zero-order valence-electron chi connectivity index (χ0n) is 14.8. The minimum atomic E-state index is -3.72. The van der Waals surface area contributed by atoms with E-state index in [9.17, 15) is 22.4 Å². The lowest BCUT2D eigenvalue weighted by Gasteiger charge is -2.21. The molecule has 1 fully saturated rings. The number of halogens is 1. The molecule has 1 aliphatic heterocycles. The Morgan fingerprint density at radius 3 is 2.93 bits per heavy atom.